The van der Waals surface area contributed by atoms with Crippen molar-refractivity contribution in [3.63, 3.8) is 0 Å². The minimum Gasteiger partial charge on any atom is -0.493 e. The molecule has 0 aromatic carbocycles. The summed E-state index contributed by atoms with van der Waals surface area (Å²) in [6.07, 6.45) is 5.16. The molecule has 5 nitrogen and oxygen atoms in total. The van der Waals surface area contributed by atoms with E-state index in [0.29, 0.717) is 0 Å². The highest BCUT2D eigenvalue weighted by molar-refractivity contribution is 5.28. The van der Waals surface area contributed by atoms with Crippen molar-refractivity contribution in [2.24, 2.45) is 7.05 Å². The van der Waals surface area contributed by atoms with Gasteiger partial charge >= 0.3 is 0 Å². The Kier molecular flexibility index (Phi) is 6.87. The lowest BCUT2D eigenvalue weighted by molar-refractivity contribution is 0.105. The zero-order valence-electron chi connectivity index (χ0n) is 12.8. The molecule has 0 bridgehead atoms. The summed E-state index contributed by atoms with van der Waals surface area (Å²) in [6.45, 7) is 5.25. The molecular weight excluding hydrogens is 242 g/mol. The van der Waals surface area contributed by atoms with Gasteiger partial charge in [-0.2, -0.15) is 5.10 Å². The molecule has 0 saturated heterocycles. The van der Waals surface area contributed by atoms with Gasteiger partial charge in [0.1, 0.15) is 0 Å². The van der Waals surface area contributed by atoms with Crippen LogP contribution in [0.3, 0.4) is 0 Å². The Hall–Kier alpha value is -1.07. The number of methoxy groups -OCH3 is 2. The van der Waals surface area contributed by atoms with E-state index in [2.05, 4.69) is 24.3 Å². The van der Waals surface area contributed by atoms with Crippen LogP contribution in [-0.2, 0) is 11.8 Å². The molecule has 1 rings (SSSR count). The summed E-state index contributed by atoms with van der Waals surface area (Å²) in [4.78, 5) is 0. The average Bonchev–Trinajstić information content (AvgIpc) is 2.80. The van der Waals surface area contributed by atoms with Crippen molar-refractivity contribution >= 4 is 0 Å². The highest BCUT2D eigenvalue weighted by Gasteiger charge is 2.20. The topological polar surface area (TPSA) is 48.3 Å². The number of ether oxygens (including phenoxy) is 2. The van der Waals surface area contributed by atoms with Crippen LogP contribution in [0.5, 0.6) is 5.75 Å². The van der Waals surface area contributed by atoms with Crippen molar-refractivity contribution in [3.05, 3.63) is 11.9 Å². The molecule has 5 heteroatoms. The van der Waals surface area contributed by atoms with Gasteiger partial charge in [0.05, 0.1) is 31.1 Å². The lowest BCUT2D eigenvalue weighted by atomic mass is 10.0. The predicted molar refractivity (Wildman–Crippen MR) is 76.5 cm³/mol. The molecule has 0 aliphatic carbocycles. The third kappa shape index (κ3) is 4.51. The summed E-state index contributed by atoms with van der Waals surface area (Å²) in [6, 6.07) is 0.250. The van der Waals surface area contributed by atoms with Gasteiger partial charge in [0.15, 0.2) is 5.75 Å². The Morgan fingerprint density at radius 1 is 1.37 bits per heavy atom. The second-order valence-corrected chi connectivity index (χ2v) is 4.85. The first kappa shape index (κ1) is 16.0. The molecule has 1 aromatic heterocycles. The van der Waals surface area contributed by atoms with Crippen LogP contribution in [0.2, 0.25) is 0 Å². The molecule has 0 aliphatic heterocycles. The maximum absolute atomic E-state index is 5.41. The normalized spacial score (nSPS) is 14.4. The van der Waals surface area contributed by atoms with Crippen molar-refractivity contribution in [1.29, 1.82) is 0 Å². The van der Waals surface area contributed by atoms with Crippen LogP contribution >= 0.6 is 0 Å². The van der Waals surface area contributed by atoms with Gasteiger partial charge in [-0.3, -0.25) is 4.68 Å². The van der Waals surface area contributed by atoms with E-state index in [9.17, 15) is 0 Å². The van der Waals surface area contributed by atoms with Crippen LogP contribution in [0.4, 0.5) is 0 Å². The first-order valence-electron chi connectivity index (χ1n) is 6.96. The maximum atomic E-state index is 5.41. The minimum atomic E-state index is 0.250. The summed E-state index contributed by atoms with van der Waals surface area (Å²) in [5.74, 6) is 0.848. The number of hydrogen-bond acceptors (Lipinski definition) is 4. The molecular formula is C14H27N3O2. The van der Waals surface area contributed by atoms with Gasteiger partial charge in [-0.1, -0.05) is 6.92 Å². The van der Waals surface area contributed by atoms with Crippen molar-refractivity contribution in [3.8, 4) is 5.75 Å². The second kappa shape index (κ2) is 8.17. The molecule has 1 N–H and O–H groups in total. The first-order valence-corrected chi connectivity index (χ1v) is 6.96. The molecule has 0 fully saturated rings. The smallest absolute Gasteiger partial charge is 0.161 e. The van der Waals surface area contributed by atoms with Crippen LogP contribution < -0.4 is 10.1 Å². The molecule has 0 radical (unpaired) electrons. The van der Waals surface area contributed by atoms with Crippen molar-refractivity contribution < 1.29 is 9.47 Å². The Morgan fingerprint density at radius 2 is 2.11 bits per heavy atom. The van der Waals surface area contributed by atoms with Crippen molar-refractivity contribution in [1.82, 2.24) is 15.1 Å². The van der Waals surface area contributed by atoms with E-state index in [1.807, 2.05) is 11.7 Å². The second-order valence-electron chi connectivity index (χ2n) is 4.85. The zero-order valence-corrected chi connectivity index (χ0v) is 12.8. The highest BCUT2D eigenvalue weighted by Crippen LogP contribution is 2.28. The summed E-state index contributed by atoms with van der Waals surface area (Å²) in [5, 5.41) is 7.85. The van der Waals surface area contributed by atoms with Gasteiger partial charge in [-0.05, 0) is 32.7 Å². The van der Waals surface area contributed by atoms with Gasteiger partial charge in [0, 0.05) is 14.2 Å². The SMILES string of the molecule is CCCNC(CCC(C)OC)c1c(OC)cnn1C. The summed E-state index contributed by atoms with van der Waals surface area (Å²) < 4.78 is 12.6. The van der Waals surface area contributed by atoms with Crippen LogP contribution in [0.1, 0.15) is 44.8 Å². The molecule has 1 aromatic rings. The van der Waals surface area contributed by atoms with Crippen molar-refractivity contribution in [2.75, 3.05) is 20.8 Å². The number of aryl methyl sites for hydroxylation is 1. The predicted octanol–water partition coefficient (Wildman–Crippen LogP) is 2.28. The van der Waals surface area contributed by atoms with Gasteiger partial charge in [-0.15, -0.1) is 0 Å². The molecule has 2 atom stereocenters. The fourth-order valence-corrected chi connectivity index (χ4v) is 2.15. The molecule has 110 valence electrons. The van der Waals surface area contributed by atoms with Crippen LogP contribution in [0, 0.1) is 0 Å². The third-order valence-electron chi connectivity index (χ3n) is 3.40. The van der Waals surface area contributed by atoms with Gasteiger partial charge in [-0.25, -0.2) is 0 Å². The van der Waals surface area contributed by atoms with E-state index in [4.69, 9.17) is 9.47 Å². The fourth-order valence-electron chi connectivity index (χ4n) is 2.15. The molecule has 0 amide bonds. The molecule has 2 unspecified atom stereocenters. The number of rotatable bonds is 9. The van der Waals surface area contributed by atoms with Crippen molar-refractivity contribution in [2.45, 2.75) is 45.3 Å². The van der Waals surface area contributed by atoms with Crippen LogP contribution in [0.15, 0.2) is 6.20 Å². The summed E-state index contributed by atoms with van der Waals surface area (Å²) in [5.41, 5.74) is 1.11. The number of aromatic nitrogens is 2. The zero-order chi connectivity index (χ0) is 14.3. The van der Waals surface area contributed by atoms with E-state index in [-0.39, 0.29) is 12.1 Å². The Balaban J connectivity index is 2.79. The van der Waals surface area contributed by atoms with Gasteiger partial charge in [0.2, 0.25) is 0 Å². The largest absolute Gasteiger partial charge is 0.493 e. The lowest BCUT2D eigenvalue weighted by Crippen LogP contribution is -2.26. The average molecular weight is 269 g/mol. The maximum Gasteiger partial charge on any atom is 0.161 e. The van der Waals surface area contributed by atoms with E-state index in [0.717, 1.165) is 37.3 Å². The van der Waals surface area contributed by atoms with Crippen LogP contribution in [0.25, 0.3) is 0 Å². The summed E-state index contributed by atoms with van der Waals surface area (Å²) >= 11 is 0. The van der Waals surface area contributed by atoms with Gasteiger partial charge in [0.25, 0.3) is 0 Å². The van der Waals surface area contributed by atoms with Gasteiger partial charge < -0.3 is 14.8 Å². The van der Waals surface area contributed by atoms with Crippen LogP contribution in [-0.4, -0.2) is 36.6 Å². The lowest BCUT2D eigenvalue weighted by Gasteiger charge is -2.21. The molecule has 19 heavy (non-hydrogen) atoms. The highest BCUT2D eigenvalue weighted by atomic mass is 16.5. The van der Waals surface area contributed by atoms with E-state index < -0.39 is 0 Å². The monoisotopic (exact) mass is 269 g/mol. The number of nitrogens with zero attached hydrogens (tertiary/aromatic N) is 2. The number of hydrogen-bond donors (Lipinski definition) is 1. The minimum absolute atomic E-state index is 0.250. The van der Waals surface area contributed by atoms with E-state index >= 15 is 0 Å². The summed E-state index contributed by atoms with van der Waals surface area (Å²) in [7, 11) is 5.40. The fraction of sp³-hybridized carbons (Fsp3) is 0.786. The quantitative estimate of drug-likeness (QED) is 0.747. The Bertz CT molecular complexity index is 366. The third-order valence-corrected chi connectivity index (χ3v) is 3.40. The Morgan fingerprint density at radius 3 is 2.68 bits per heavy atom. The molecule has 0 spiro atoms. The first-order chi connectivity index (χ1) is 9.13. The standard InChI is InChI=1S/C14H27N3O2/c1-6-9-15-12(8-7-11(2)18-4)14-13(19-5)10-16-17(14)3/h10-12,15H,6-9H2,1-5H3. The molecule has 0 saturated carbocycles. The Labute approximate surface area is 116 Å². The molecule has 0 aliphatic rings. The molecule has 1 heterocycles. The van der Waals surface area contributed by atoms with E-state index in [1.165, 1.54) is 0 Å². The van der Waals surface area contributed by atoms with E-state index in [1.54, 1.807) is 20.4 Å². The number of nitrogens with one attached hydrogen (secondary N) is 1.